The highest BCUT2D eigenvalue weighted by Crippen LogP contribution is 2.11. The van der Waals surface area contributed by atoms with Crippen molar-refractivity contribution in [1.82, 2.24) is 0 Å². The van der Waals surface area contributed by atoms with Gasteiger partial charge in [-0.05, 0) is 0 Å². The first-order valence-electron chi connectivity index (χ1n) is 2.31. The van der Waals surface area contributed by atoms with Crippen LogP contribution in [0, 0.1) is 0 Å². The predicted octanol–water partition coefficient (Wildman–Crippen LogP) is -3.73. The van der Waals surface area contributed by atoms with Gasteiger partial charge in [0.2, 0.25) is 0 Å². The molecule has 0 aliphatic rings. The maximum absolute atomic E-state index is 8.44. The minimum absolute atomic E-state index is 0.389. The highest BCUT2D eigenvalue weighted by atomic mass is 16.5. The van der Waals surface area contributed by atoms with E-state index in [2.05, 4.69) is 0 Å². The van der Waals surface area contributed by atoms with E-state index in [1.54, 1.807) is 23.5 Å². The molecule has 7 heavy (non-hydrogen) atoms. The van der Waals surface area contributed by atoms with Crippen molar-refractivity contribution in [2.24, 2.45) is 0 Å². The minimum Gasteiger partial charge on any atom is -0.370 e. The van der Waals surface area contributed by atoms with Gasteiger partial charge in [0, 0.05) is 0 Å². The molecule has 0 radical (unpaired) electrons. The van der Waals surface area contributed by atoms with Crippen LogP contribution >= 0.6 is 0 Å². The van der Waals surface area contributed by atoms with E-state index in [9.17, 15) is 0 Å². The van der Waals surface area contributed by atoms with Gasteiger partial charge in [-0.2, -0.15) is 0 Å². The molecule has 0 atom stereocenters. The first kappa shape index (κ1) is 7.11. The number of hydrogen-bond acceptors (Lipinski definition) is 2. The Morgan fingerprint density at radius 2 is 1.29 bits per heavy atom. The molecule has 0 unspecified atom stereocenters. The number of hydrogen-bond donors (Lipinski definition) is 2. The van der Waals surface area contributed by atoms with Gasteiger partial charge < -0.3 is 10.2 Å². The number of rotatable bonds is 1. The molecule has 38 valence electrons. The highest BCUT2D eigenvalue weighted by Gasteiger charge is 2.18. The maximum Gasteiger partial charge on any atom is 0.136 e. The van der Waals surface area contributed by atoms with Crippen LogP contribution < -0.4 is 0 Å². The topological polar surface area (TPSA) is 40.5 Å². The standard InChI is InChI=1S/C2H9B3O2/c3-2(4,5)1(6)7/h1,6-7H,3-5H2. The van der Waals surface area contributed by atoms with Crippen molar-refractivity contribution in [2.75, 3.05) is 0 Å². The summed E-state index contributed by atoms with van der Waals surface area (Å²) in [4.78, 5) is 0. The van der Waals surface area contributed by atoms with Crippen LogP contribution in [0.2, 0.25) is 5.11 Å². The molecule has 0 saturated heterocycles. The third kappa shape index (κ3) is 2.77. The molecule has 0 heterocycles. The molecule has 0 amide bonds. The van der Waals surface area contributed by atoms with Crippen molar-refractivity contribution < 1.29 is 10.2 Å². The zero-order valence-electron chi connectivity index (χ0n) is 4.97. The lowest BCUT2D eigenvalue weighted by Gasteiger charge is -2.19. The number of aliphatic hydroxyl groups is 2. The average molecular weight is 97.5 g/mol. The highest BCUT2D eigenvalue weighted by molar-refractivity contribution is 6.59. The molecular formula is C2H9B3O2. The van der Waals surface area contributed by atoms with Gasteiger partial charge in [-0.15, -0.1) is 0 Å². The van der Waals surface area contributed by atoms with Gasteiger partial charge in [-0.1, -0.05) is 5.11 Å². The van der Waals surface area contributed by atoms with Gasteiger partial charge in [0.15, 0.2) is 0 Å². The molecule has 2 N–H and O–H groups in total. The Hall–Kier alpha value is 0.115. The van der Waals surface area contributed by atoms with Crippen LogP contribution in [0.25, 0.3) is 0 Å². The fourth-order valence-electron chi connectivity index (χ4n) is 0. The summed E-state index contributed by atoms with van der Waals surface area (Å²) in [6.45, 7) is 0. The van der Waals surface area contributed by atoms with E-state index < -0.39 is 6.29 Å². The fourth-order valence-corrected chi connectivity index (χ4v) is 0. The predicted molar refractivity (Wildman–Crippen MR) is 36.6 cm³/mol. The lowest BCUT2D eigenvalue weighted by molar-refractivity contribution is -0.0378. The third-order valence-electron chi connectivity index (χ3n) is 0.775. The van der Waals surface area contributed by atoms with E-state index in [1.807, 2.05) is 0 Å². The molecule has 5 heteroatoms. The molecule has 0 rings (SSSR count). The summed E-state index contributed by atoms with van der Waals surface area (Å²) in [6, 6.07) is 0. The molecule has 2 nitrogen and oxygen atoms in total. The first-order chi connectivity index (χ1) is 2.94. The molecule has 0 spiro atoms. The quantitative estimate of drug-likeness (QED) is 0.261. The maximum atomic E-state index is 8.44. The summed E-state index contributed by atoms with van der Waals surface area (Å²) in [7, 11) is 5.28. The van der Waals surface area contributed by atoms with E-state index in [-0.39, 0.29) is 5.11 Å². The van der Waals surface area contributed by atoms with Crippen LogP contribution in [0.4, 0.5) is 0 Å². The van der Waals surface area contributed by atoms with Crippen LogP contribution in [-0.2, 0) is 0 Å². The van der Waals surface area contributed by atoms with Gasteiger partial charge in [0.1, 0.15) is 6.29 Å². The third-order valence-corrected chi connectivity index (χ3v) is 0.775. The minimum atomic E-state index is -1.20. The fraction of sp³-hybridized carbons (Fsp3) is 1.00. The largest absolute Gasteiger partial charge is 0.370 e. The molecule has 0 aromatic carbocycles. The monoisotopic (exact) mass is 98.1 g/mol. The summed E-state index contributed by atoms with van der Waals surface area (Å²) in [5.41, 5.74) is 0. The zero-order valence-corrected chi connectivity index (χ0v) is 4.97. The molecule has 0 aromatic rings. The van der Waals surface area contributed by atoms with E-state index in [4.69, 9.17) is 10.2 Å². The second-order valence-electron chi connectivity index (χ2n) is 2.74. The van der Waals surface area contributed by atoms with E-state index in [0.717, 1.165) is 0 Å². The Labute approximate surface area is 46.1 Å². The summed E-state index contributed by atoms with van der Waals surface area (Å²) in [5, 5.41) is 16.5. The smallest absolute Gasteiger partial charge is 0.136 e. The van der Waals surface area contributed by atoms with E-state index in [0.29, 0.717) is 0 Å². The lowest BCUT2D eigenvalue weighted by Crippen LogP contribution is -2.28. The SMILES string of the molecule is BC(B)(B)C(O)O. The van der Waals surface area contributed by atoms with Gasteiger partial charge in [0.25, 0.3) is 0 Å². The number of aliphatic hydroxyl groups excluding tert-OH is 1. The zero-order chi connectivity index (χ0) is 6.08. The molecular weight excluding hydrogens is 88.5 g/mol. The summed E-state index contributed by atoms with van der Waals surface area (Å²) >= 11 is 0. The second kappa shape index (κ2) is 1.93. The molecule has 0 aliphatic carbocycles. The van der Waals surface area contributed by atoms with Crippen LogP contribution in [0.3, 0.4) is 0 Å². The van der Waals surface area contributed by atoms with Crippen LogP contribution in [0.1, 0.15) is 0 Å². The van der Waals surface area contributed by atoms with Gasteiger partial charge in [0.05, 0.1) is 23.5 Å². The first-order valence-corrected chi connectivity index (χ1v) is 2.31. The molecule has 0 fully saturated rings. The molecule has 0 aromatic heterocycles. The van der Waals surface area contributed by atoms with Crippen molar-refractivity contribution in [2.45, 2.75) is 11.4 Å². The van der Waals surface area contributed by atoms with Gasteiger partial charge >= 0.3 is 0 Å². The van der Waals surface area contributed by atoms with Crippen molar-refractivity contribution >= 4 is 23.5 Å². The normalized spacial score (nSPS) is 12.4. The van der Waals surface area contributed by atoms with Crippen molar-refractivity contribution in [3.8, 4) is 0 Å². The Morgan fingerprint density at radius 3 is 1.29 bits per heavy atom. The van der Waals surface area contributed by atoms with E-state index >= 15 is 0 Å². The lowest BCUT2D eigenvalue weighted by atomic mass is 9.42. The summed E-state index contributed by atoms with van der Waals surface area (Å²) in [6.07, 6.45) is -1.20. The average Bonchev–Trinajstić information content (AvgIpc) is 1.31. The van der Waals surface area contributed by atoms with Crippen molar-refractivity contribution in [3.05, 3.63) is 0 Å². The summed E-state index contributed by atoms with van der Waals surface area (Å²) in [5.74, 6) is 0. The molecule has 0 aliphatic heterocycles. The summed E-state index contributed by atoms with van der Waals surface area (Å²) < 4.78 is 0. The Bertz CT molecular complexity index is 56.4. The van der Waals surface area contributed by atoms with Crippen LogP contribution in [-0.4, -0.2) is 40.0 Å². The molecule has 0 bridgehead atoms. The van der Waals surface area contributed by atoms with Gasteiger partial charge in [-0.3, -0.25) is 0 Å². The van der Waals surface area contributed by atoms with E-state index in [1.165, 1.54) is 0 Å². The second-order valence-corrected chi connectivity index (χ2v) is 2.74. The Morgan fingerprint density at radius 1 is 1.14 bits per heavy atom. The Balaban J connectivity index is 3.54. The van der Waals surface area contributed by atoms with Crippen molar-refractivity contribution in [3.63, 3.8) is 0 Å². The molecule has 0 saturated carbocycles. The van der Waals surface area contributed by atoms with Crippen LogP contribution in [0.5, 0.6) is 0 Å². The van der Waals surface area contributed by atoms with Crippen molar-refractivity contribution in [1.29, 1.82) is 0 Å². The van der Waals surface area contributed by atoms with Crippen LogP contribution in [0.15, 0.2) is 0 Å². The Kier molecular flexibility index (Phi) is 1.96. The van der Waals surface area contributed by atoms with Gasteiger partial charge in [-0.25, -0.2) is 0 Å².